The Morgan fingerprint density at radius 2 is 1.83 bits per heavy atom. The van der Waals surface area contributed by atoms with Gasteiger partial charge in [0.15, 0.2) is 0 Å². The molecule has 0 fully saturated rings. The van der Waals surface area contributed by atoms with E-state index >= 15 is 0 Å². The van der Waals surface area contributed by atoms with Crippen LogP contribution < -0.4 is 0 Å². The Labute approximate surface area is 139 Å². The predicted octanol–water partition coefficient (Wildman–Crippen LogP) is 1.42. The quantitative estimate of drug-likeness (QED) is 0.769. The number of benzene rings is 1. The number of fused-ring (bicyclic) bond motifs is 1. The zero-order valence-corrected chi connectivity index (χ0v) is 15.5. The van der Waals surface area contributed by atoms with Crippen molar-refractivity contribution in [3.05, 3.63) is 29.3 Å². The lowest BCUT2D eigenvalue weighted by molar-refractivity contribution is 0.390. The van der Waals surface area contributed by atoms with Crippen LogP contribution in [-0.4, -0.2) is 51.8 Å². The van der Waals surface area contributed by atoms with Crippen molar-refractivity contribution in [1.29, 1.82) is 0 Å². The molecular formula is C15H24N2O4S2. The van der Waals surface area contributed by atoms with Crippen molar-refractivity contribution in [2.24, 2.45) is 0 Å². The van der Waals surface area contributed by atoms with Gasteiger partial charge in [0.25, 0.3) is 0 Å². The lowest BCUT2D eigenvalue weighted by atomic mass is 10.0. The van der Waals surface area contributed by atoms with E-state index in [0.717, 1.165) is 21.9 Å². The summed E-state index contributed by atoms with van der Waals surface area (Å²) in [4.78, 5) is 0.203. The molecule has 0 aliphatic carbocycles. The first-order valence-corrected chi connectivity index (χ1v) is 10.8. The van der Waals surface area contributed by atoms with Crippen molar-refractivity contribution >= 4 is 20.0 Å². The molecule has 1 aliphatic heterocycles. The van der Waals surface area contributed by atoms with E-state index in [2.05, 4.69) is 0 Å². The second-order valence-electron chi connectivity index (χ2n) is 5.97. The normalized spacial score (nSPS) is 16.5. The van der Waals surface area contributed by atoms with Crippen molar-refractivity contribution in [3.63, 3.8) is 0 Å². The van der Waals surface area contributed by atoms with Gasteiger partial charge in [-0.3, -0.25) is 0 Å². The van der Waals surface area contributed by atoms with E-state index in [0.29, 0.717) is 19.4 Å². The summed E-state index contributed by atoms with van der Waals surface area (Å²) < 4.78 is 51.8. The molecule has 23 heavy (non-hydrogen) atoms. The maximum Gasteiger partial charge on any atom is 0.242 e. The Morgan fingerprint density at radius 3 is 2.43 bits per heavy atom. The van der Waals surface area contributed by atoms with Crippen LogP contribution in [0.15, 0.2) is 23.1 Å². The van der Waals surface area contributed by atoms with Crippen LogP contribution in [0.4, 0.5) is 0 Å². The number of hydrogen-bond acceptors (Lipinski definition) is 4. The smallest absolute Gasteiger partial charge is 0.212 e. The number of unbranched alkanes of at least 4 members (excludes halogenated alkanes) is 1. The van der Waals surface area contributed by atoms with Gasteiger partial charge in [-0.2, -0.15) is 4.31 Å². The molecule has 6 nitrogen and oxygen atoms in total. The molecule has 1 aromatic rings. The van der Waals surface area contributed by atoms with Crippen LogP contribution in [0.2, 0.25) is 0 Å². The Kier molecular flexibility index (Phi) is 5.50. The molecule has 8 heteroatoms. The van der Waals surface area contributed by atoms with E-state index in [1.807, 2.05) is 6.92 Å². The highest BCUT2D eigenvalue weighted by molar-refractivity contribution is 7.89. The minimum Gasteiger partial charge on any atom is -0.212 e. The number of hydrogen-bond donors (Lipinski definition) is 0. The first-order chi connectivity index (χ1) is 10.7. The van der Waals surface area contributed by atoms with Crippen LogP contribution >= 0.6 is 0 Å². The average molecular weight is 361 g/mol. The fraction of sp³-hybridized carbons (Fsp3) is 0.600. The minimum absolute atomic E-state index is 0.147. The first-order valence-electron chi connectivity index (χ1n) is 7.70. The molecule has 130 valence electrons. The molecule has 0 saturated carbocycles. The summed E-state index contributed by atoms with van der Waals surface area (Å²) >= 11 is 0. The van der Waals surface area contributed by atoms with Gasteiger partial charge in [-0.15, -0.1) is 0 Å². The van der Waals surface area contributed by atoms with Gasteiger partial charge >= 0.3 is 0 Å². The second kappa shape index (κ2) is 6.88. The molecular weight excluding hydrogens is 336 g/mol. The zero-order chi connectivity index (χ0) is 17.3. The van der Waals surface area contributed by atoms with Crippen molar-refractivity contribution in [2.75, 3.05) is 26.4 Å². The third-order valence-electron chi connectivity index (χ3n) is 4.08. The second-order valence-corrected chi connectivity index (χ2v) is 10.2. The van der Waals surface area contributed by atoms with Gasteiger partial charge in [0.1, 0.15) is 0 Å². The van der Waals surface area contributed by atoms with Gasteiger partial charge in [-0.25, -0.2) is 21.1 Å². The van der Waals surface area contributed by atoms with Crippen molar-refractivity contribution in [1.82, 2.24) is 8.61 Å². The highest BCUT2D eigenvalue weighted by Crippen LogP contribution is 2.25. The summed E-state index contributed by atoms with van der Waals surface area (Å²) in [6, 6.07) is 4.99. The van der Waals surface area contributed by atoms with Crippen LogP contribution in [0, 0.1) is 0 Å². The third kappa shape index (κ3) is 3.93. The SMILES string of the molecule is CCCCS(=O)(=O)N1CCc2ccc(S(=O)(=O)N(C)C)cc2C1. The Balaban J connectivity index is 2.30. The predicted molar refractivity (Wildman–Crippen MR) is 90.1 cm³/mol. The molecule has 1 aliphatic rings. The van der Waals surface area contributed by atoms with E-state index in [9.17, 15) is 16.8 Å². The molecule has 2 rings (SSSR count). The van der Waals surface area contributed by atoms with Gasteiger partial charge in [-0.05, 0) is 36.1 Å². The van der Waals surface area contributed by atoms with E-state index in [1.165, 1.54) is 18.4 Å². The topological polar surface area (TPSA) is 74.8 Å². The van der Waals surface area contributed by atoms with Crippen LogP contribution in [-0.2, 0) is 33.0 Å². The lowest BCUT2D eigenvalue weighted by Crippen LogP contribution is -2.37. The molecule has 0 atom stereocenters. The highest BCUT2D eigenvalue weighted by atomic mass is 32.2. The number of rotatable bonds is 6. The molecule has 0 unspecified atom stereocenters. The highest BCUT2D eigenvalue weighted by Gasteiger charge is 2.27. The average Bonchev–Trinajstić information content (AvgIpc) is 2.51. The van der Waals surface area contributed by atoms with Gasteiger partial charge in [0, 0.05) is 27.2 Å². The van der Waals surface area contributed by atoms with Crippen molar-refractivity contribution in [3.8, 4) is 0 Å². The Hall–Kier alpha value is -0.960. The van der Waals surface area contributed by atoms with Crippen molar-refractivity contribution in [2.45, 2.75) is 37.6 Å². The lowest BCUT2D eigenvalue weighted by Gasteiger charge is -2.28. The van der Waals surface area contributed by atoms with E-state index < -0.39 is 20.0 Å². The molecule has 0 N–H and O–H groups in total. The third-order valence-corrected chi connectivity index (χ3v) is 7.80. The van der Waals surface area contributed by atoms with E-state index in [1.54, 1.807) is 18.2 Å². The number of sulfonamides is 2. The maximum absolute atomic E-state index is 12.3. The summed E-state index contributed by atoms with van der Waals surface area (Å²) in [5.41, 5.74) is 1.80. The summed E-state index contributed by atoms with van der Waals surface area (Å²) in [6.07, 6.45) is 2.08. The molecule has 1 aromatic carbocycles. The summed E-state index contributed by atoms with van der Waals surface area (Å²) in [5.74, 6) is 0.147. The molecule has 0 radical (unpaired) electrons. The van der Waals surface area contributed by atoms with E-state index in [4.69, 9.17) is 0 Å². The Bertz CT molecular complexity index is 771. The molecule has 0 amide bonds. The number of nitrogens with zero attached hydrogens (tertiary/aromatic N) is 2. The van der Waals surface area contributed by atoms with Crippen LogP contribution in [0.25, 0.3) is 0 Å². The molecule has 0 aromatic heterocycles. The molecule has 0 bridgehead atoms. The zero-order valence-electron chi connectivity index (χ0n) is 13.8. The van der Waals surface area contributed by atoms with Gasteiger partial charge < -0.3 is 0 Å². The monoisotopic (exact) mass is 360 g/mol. The largest absolute Gasteiger partial charge is 0.242 e. The standard InChI is InChI=1S/C15H24N2O4S2/c1-4-5-10-22(18,19)17-9-8-13-6-7-15(11-14(13)12-17)23(20,21)16(2)3/h6-7,11H,4-5,8-10,12H2,1-3H3. The van der Waals surface area contributed by atoms with Gasteiger partial charge in [-0.1, -0.05) is 19.4 Å². The molecule has 0 spiro atoms. The summed E-state index contributed by atoms with van der Waals surface area (Å²) in [6.45, 7) is 2.66. The van der Waals surface area contributed by atoms with E-state index in [-0.39, 0.29) is 17.2 Å². The maximum atomic E-state index is 12.3. The first kappa shape index (κ1) is 18.4. The summed E-state index contributed by atoms with van der Waals surface area (Å²) in [5, 5.41) is 0. The fourth-order valence-electron chi connectivity index (χ4n) is 2.57. The van der Waals surface area contributed by atoms with Crippen LogP contribution in [0.3, 0.4) is 0 Å². The van der Waals surface area contributed by atoms with Crippen LogP contribution in [0.1, 0.15) is 30.9 Å². The fourth-order valence-corrected chi connectivity index (χ4v) is 5.14. The molecule has 1 heterocycles. The van der Waals surface area contributed by atoms with Crippen LogP contribution in [0.5, 0.6) is 0 Å². The van der Waals surface area contributed by atoms with Gasteiger partial charge in [0.2, 0.25) is 20.0 Å². The van der Waals surface area contributed by atoms with Gasteiger partial charge in [0.05, 0.1) is 10.6 Å². The minimum atomic E-state index is -3.51. The molecule has 0 saturated heterocycles. The van der Waals surface area contributed by atoms with Crippen molar-refractivity contribution < 1.29 is 16.8 Å². The Morgan fingerprint density at radius 1 is 1.13 bits per heavy atom. The summed E-state index contributed by atoms with van der Waals surface area (Å²) in [7, 11) is -3.83.